The quantitative estimate of drug-likeness (QED) is 0.528. The number of hydrogen-bond donors (Lipinski definition) is 1. The van der Waals surface area contributed by atoms with Crippen LogP contribution >= 0.6 is 11.3 Å². The maximum atomic E-state index is 12.4. The number of aromatic nitrogens is 1. The molecule has 1 aliphatic heterocycles. The molecule has 1 aliphatic rings. The number of fused-ring (bicyclic) bond motifs is 1. The van der Waals surface area contributed by atoms with Gasteiger partial charge in [-0.1, -0.05) is 6.07 Å². The molecule has 0 saturated heterocycles. The SMILES string of the molecule is CCOc1ccc(/C=C/C(=O)Nc2nc(-c3ccc4c(c3)OCO4)c(C)s2)cc1OC. The first-order valence-corrected chi connectivity index (χ1v) is 10.6. The molecule has 0 saturated carbocycles. The third-order valence-electron chi connectivity index (χ3n) is 4.59. The Morgan fingerprint density at radius 3 is 2.84 bits per heavy atom. The minimum Gasteiger partial charge on any atom is -0.493 e. The Balaban J connectivity index is 1.45. The Morgan fingerprint density at radius 1 is 1.19 bits per heavy atom. The molecular weight excluding hydrogens is 416 g/mol. The number of carbonyl (C=O) groups is 1. The van der Waals surface area contributed by atoms with Crippen molar-refractivity contribution < 1.29 is 23.7 Å². The van der Waals surface area contributed by atoms with Gasteiger partial charge in [0, 0.05) is 16.5 Å². The molecule has 1 amide bonds. The highest BCUT2D eigenvalue weighted by Gasteiger charge is 2.17. The third-order valence-corrected chi connectivity index (χ3v) is 5.47. The zero-order valence-electron chi connectivity index (χ0n) is 17.4. The molecule has 0 radical (unpaired) electrons. The van der Waals surface area contributed by atoms with Gasteiger partial charge in [-0.15, -0.1) is 11.3 Å². The van der Waals surface area contributed by atoms with Gasteiger partial charge in [0.15, 0.2) is 28.1 Å². The van der Waals surface area contributed by atoms with Crippen molar-refractivity contribution in [1.29, 1.82) is 0 Å². The number of aryl methyl sites for hydroxylation is 1. The van der Waals surface area contributed by atoms with Gasteiger partial charge in [-0.05, 0) is 55.8 Å². The molecule has 1 aromatic heterocycles. The number of thiazole rings is 1. The standard InChI is InChI=1S/C23H22N2O5S/c1-4-28-17-8-5-15(11-19(17)27-3)6-10-21(26)24-23-25-22(14(2)31-23)16-7-9-18-20(12-16)30-13-29-18/h5-12H,4,13H2,1-3H3,(H,24,25,26)/b10-6+. The molecule has 0 spiro atoms. The number of amides is 1. The van der Waals surface area contributed by atoms with Crippen LogP contribution < -0.4 is 24.3 Å². The van der Waals surface area contributed by atoms with Crippen LogP contribution in [-0.4, -0.2) is 31.4 Å². The number of methoxy groups -OCH3 is 1. The molecule has 0 bridgehead atoms. The highest BCUT2D eigenvalue weighted by atomic mass is 32.1. The number of benzene rings is 2. The highest BCUT2D eigenvalue weighted by molar-refractivity contribution is 7.16. The van der Waals surface area contributed by atoms with E-state index in [9.17, 15) is 4.79 Å². The predicted molar refractivity (Wildman–Crippen MR) is 120 cm³/mol. The molecule has 3 aromatic rings. The van der Waals surface area contributed by atoms with E-state index in [-0.39, 0.29) is 12.7 Å². The van der Waals surface area contributed by atoms with Crippen molar-refractivity contribution in [3.8, 4) is 34.3 Å². The molecule has 1 N–H and O–H groups in total. The van der Waals surface area contributed by atoms with E-state index in [0.29, 0.717) is 29.0 Å². The number of nitrogens with zero attached hydrogens (tertiary/aromatic N) is 1. The Bertz CT molecular complexity index is 1140. The Kier molecular flexibility index (Phi) is 6.08. The van der Waals surface area contributed by atoms with Gasteiger partial charge in [-0.2, -0.15) is 0 Å². The van der Waals surface area contributed by atoms with Crippen LogP contribution in [0.5, 0.6) is 23.0 Å². The van der Waals surface area contributed by atoms with E-state index >= 15 is 0 Å². The Labute approximate surface area is 184 Å². The second kappa shape index (κ2) is 9.09. The van der Waals surface area contributed by atoms with E-state index in [0.717, 1.165) is 27.4 Å². The van der Waals surface area contributed by atoms with Crippen molar-refractivity contribution in [2.45, 2.75) is 13.8 Å². The van der Waals surface area contributed by atoms with Crippen LogP contribution in [0.2, 0.25) is 0 Å². The van der Waals surface area contributed by atoms with E-state index in [2.05, 4.69) is 10.3 Å². The van der Waals surface area contributed by atoms with Crippen LogP contribution in [0, 0.1) is 6.92 Å². The second-order valence-corrected chi connectivity index (χ2v) is 7.86. The number of rotatable bonds is 7. The summed E-state index contributed by atoms with van der Waals surface area (Å²) in [5, 5.41) is 3.36. The van der Waals surface area contributed by atoms with Crippen molar-refractivity contribution in [1.82, 2.24) is 4.98 Å². The highest BCUT2D eigenvalue weighted by Crippen LogP contribution is 2.38. The van der Waals surface area contributed by atoms with Crippen LogP contribution in [-0.2, 0) is 4.79 Å². The fourth-order valence-corrected chi connectivity index (χ4v) is 3.98. The molecule has 0 atom stereocenters. The van der Waals surface area contributed by atoms with Crippen LogP contribution in [0.15, 0.2) is 42.5 Å². The first-order chi connectivity index (χ1) is 15.1. The smallest absolute Gasteiger partial charge is 0.250 e. The maximum absolute atomic E-state index is 12.4. The molecule has 160 valence electrons. The van der Waals surface area contributed by atoms with E-state index in [4.69, 9.17) is 18.9 Å². The second-order valence-electron chi connectivity index (χ2n) is 6.66. The van der Waals surface area contributed by atoms with Gasteiger partial charge in [-0.3, -0.25) is 10.1 Å². The van der Waals surface area contributed by atoms with Crippen LogP contribution in [0.1, 0.15) is 17.4 Å². The average Bonchev–Trinajstić information content (AvgIpc) is 3.38. The van der Waals surface area contributed by atoms with E-state index in [1.807, 2.05) is 50.2 Å². The van der Waals surface area contributed by atoms with Crippen molar-refractivity contribution in [3.05, 3.63) is 52.9 Å². The summed E-state index contributed by atoms with van der Waals surface area (Å²) in [7, 11) is 1.58. The zero-order valence-corrected chi connectivity index (χ0v) is 18.2. The largest absolute Gasteiger partial charge is 0.493 e. The number of hydrogen-bond acceptors (Lipinski definition) is 7. The summed E-state index contributed by atoms with van der Waals surface area (Å²) in [5.74, 6) is 2.44. The van der Waals surface area contributed by atoms with Crippen LogP contribution in [0.4, 0.5) is 5.13 Å². The average molecular weight is 439 g/mol. The van der Waals surface area contributed by atoms with Gasteiger partial charge in [0.05, 0.1) is 19.4 Å². The molecule has 2 aromatic carbocycles. The Morgan fingerprint density at radius 2 is 2.03 bits per heavy atom. The maximum Gasteiger partial charge on any atom is 0.250 e. The minimum absolute atomic E-state index is 0.225. The molecule has 2 heterocycles. The van der Waals surface area contributed by atoms with Gasteiger partial charge in [-0.25, -0.2) is 4.98 Å². The molecule has 0 aliphatic carbocycles. The van der Waals surface area contributed by atoms with Gasteiger partial charge in [0.25, 0.3) is 0 Å². The zero-order chi connectivity index (χ0) is 21.8. The first-order valence-electron chi connectivity index (χ1n) is 9.74. The fourth-order valence-electron chi connectivity index (χ4n) is 3.14. The van der Waals surface area contributed by atoms with E-state index < -0.39 is 0 Å². The van der Waals surface area contributed by atoms with Crippen molar-refractivity contribution >= 4 is 28.5 Å². The van der Waals surface area contributed by atoms with Gasteiger partial charge < -0.3 is 18.9 Å². The van der Waals surface area contributed by atoms with Crippen molar-refractivity contribution in [2.24, 2.45) is 0 Å². The Hall–Kier alpha value is -3.52. The van der Waals surface area contributed by atoms with E-state index in [1.54, 1.807) is 13.2 Å². The minimum atomic E-state index is -0.265. The van der Waals surface area contributed by atoms with Crippen molar-refractivity contribution in [2.75, 3.05) is 25.8 Å². The monoisotopic (exact) mass is 438 g/mol. The van der Waals surface area contributed by atoms with Crippen molar-refractivity contribution in [3.63, 3.8) is 0 Å². The topological polar surface area (TPSA) is 78.9 Å². The number of nitrogens with one attached hydrogen (secondary N) is 1. The molecule has 7 nitrogen and oxygen atoms in total. The number of anilines is 1. The lowest BCUT2D eigenvalue weighted by Gasteiger charge is -2.09. The lowest BCUT2D eigenvalue weighted by molar-refractivity contribution is -0.111. The molecule has 0 unspecified atom stereocenters. The summed E-state index contributed by atoms with van der Waals surface area (Å²) in [6.07, 6.45) is 3.18. The van der Waals surface area contributed by atoms with Gasteiger partial charge in [0.1, 0.15) is 0 Å². The molecule has 8 heteroatoms. The van der Waals surface area contributed by atoms with Gasteiger partial charge >= 0.3 is 0 Å². The number of ether oxygens (including phenoxy) is 4. The third kappa shape index (κ3) is 4.64. The summed E-state index contributed by atoms with van der Waals surface area (Å²) in [6.45, 7) is 4.66. The van der Waals surface area contributed by atoms with Gasteiger partial charge in [0.2, 0.25) is 12.7 Å². The fraction of sp³-hybridized carbons (Fsp3) is 0.217. The lowest BCUT2D eigenvalue weighted by atomic mass is 10.1. The molecule has 31 heavy (non-hydrogen) atoms. The lowest BCUT2D eigenvalue weighted by Crippen LogP contribution is -2.07. The first kappa shape index (κ1) is 20.7. The molecule has 0 fully saturated rings. The van der Waals surface area contributed by atoms with Crippen LogP contribution in [0.3, 0.4) is 0 Å². The molecule has 4 rings (SSSR count). The summed E-state index contributed by atoms with van der Waals surface area (Å²) in [5.41, 5.74) is 2.54. The molecular formula is C23H22N2O5S. The summed E-state index contributed by atoms with van der Waals surface area (Å²) in [6, 6.07) is 11.2. The van der Waals surface area contributed by atoms with Crippen LogP contribution in [0.25, 0.3) is 17.3 Å². The van der Waals surface area contributed by atoms with E-state index in [1.165, 1.54) is 17.4 Å². The number of carbonyl (C=O) groups excluding carboxylic acids is 1. The summed E-state index contributed by atoms with van der Waals surface area (Å²) < 4.78 is 21.6. The summed E-state index contributed by atoms with van der Waals surface area (Å²) >= 11 is 1.42. The summed E-state index contributed by atoms with van der Waals surface area (Å²) in [4.78, 5) is 18.0. The normalized spacial score (nSPS) is 12.2. The predicted octanol–water partition coefficient (Wildman–Crippen LogP) is 4.91.